The van der Waals surface area contributed by atoms with Crippen LogP contribution < -0.4 is 5.32 Å². The summed E-state index contributed by atoms with van der Waals surface area (Å²) in [6.45, 7) is 9.86. The second-order valence-electron chi connectivity index (χ2n) is 6.17. The molecule has 0 aliphatic heterocycles. The molecule has 24 heavy (non-hydrogen) atoms. The predicted octanol–water partition coefficient (Wildman–Crippen LogP) is 4.70. The Bertz CT molecular complexity index is 674. The molecular weight excluding hydrogens is 298 g/mol. The molecule has 128 valence electrons. The van der Waals surface area contributed by atoms with E-state index in [0.29, 0.717) is 5.69 Å². The highest BCUT2D eigenvalue weighted by Gasteiger charge is 2.15. The molecule has 0 radical (unpaired) electrons. The topological polar surface area (TPSA) is 45.2 Å². The van der Waals surface area contributed by atoms with E-state index in [0.717, 1.165) is 37.3 Å². The Morgan fingerprint density at radius 3 is 2.38 bits per heavy atom. The first-order valence-electron chi connectivity index (χ1n) is 8.64. The van der Waals surface area contributed by atoms with Crippen molar-refractivity contribution in [3.05, 3.63) is 53.3 Å². The van der Waals surface area contributed by atoms with E-state index in [2.05, 4.69) is 56.2 Å². The first-order valence-corrected chi connectivity index (χ1v) is 8.64. The van der Waals surface area contributed by atoms with Crippen LogP contribution in [0.2, 0.25) is 0 Å². The summed E-state index contributed by atoms with van der Waals surface area (Å²) < 4.78 is 0. The first kappa shape index (κ1) is 18.0. The molecule has 4 nitrogen and oxygen atoms in total. The lowest BCUT2D eigenvalue weighted by Crippen LogP contribution is -2.33. The van der Waals surface area contributed by atoms with Crippen LogP contribution >= 0.6 is 0 Å². The maximum atomic E-state index is 12.5. The molecule has 0 aliphatic rings. The molecular formula is C20H27N3O. The number of hydrogen-bond donors (Lipinski definition) is 1. The third-order valence-electron chi connectivity index (χ3n) is 3.93. The van der Waals surface area contributed by atoms with Gasteiger partial charge in [-0.25, -0.2) is 4.98 Å². The lowest BCUT2D eigenvalue weighted by Gasteiger charge is -2.21. The fourth-order valence-corrected chi connectivity index (χ4v) is 2.64. The molecule has 0 saturated carbocycles. The summed E-state index contributed by atoms with van der Waals surface area (Å²) in [5.41, 5.74) is 4.84. The zero-order chi connectivity index (χ0) is 17.5. The molecule has 0 unspecified atom stereocenters. The van der Waals surface area contributed by atoms with Crippen molar-refractivity contribution in [1.82, 2.24) is 9.88 Å². The van der Waals surface area contributed by atoms with Crippen LogP contribution in [0.25, 0.3) is 0 Å². The van der Waals surface area contributed by atoms with Gasteiger partial charge in [-0.2, -0.15) is 0 Å². The molecule has 1 aromatic heterocycles. The van der Waals surface area contributed by atoms with Crippen LogP contribution in [0, 0.1) is 13.8 Å². The summed E-state index contributed by atoms with van der Waals surface area (Å²) in [6, 6.07) is 10.0. The van der Waals surface area contributed by atoms with Gasteiger partial charge in [0.05, 0.1) is 11.9 Å². The standard InChI is InChI=1S/C20H27N3O/c1-5-11-23(12-6-2)20(24)18-10-9-17(14-21-18)22-19-13-15(3)7-8-16(19)4/h7-10,13-14,22H,5-6,11-12H2,1-4H3. The number of anilines is 2. The molecule has 2 aromatic rings. The number of nitrogens with zero attached hydrogens (tertiary/aromatic N) is 2. The van der Waals surface area contributed by atoms with Crippen LogP contribution in [-0.2, 0) is 0 Å². The van der Waals surface area contributed by atoms with Crippen molar-refractivity contribution in [2.75, 3.05) is 18.4 Å². The number of benzene rings is 1. The normalized spacial score (nSPS) is 10.5. The van der Waals surface area contributed by atoms with E-state index in [1.54, 1.807) is 12.3 Å². The van der Waals surface area contributed by atoms with Gasteiger partial charge >= 0.3 is 0 Å². The monoisotopic (exact) mass is 325 g/mol. The maximum Gasteiger partial charge on any atom is 0.272 e. The fourth-order valence-electron chi connectivity index (χ4n) is 2.64. The minimum Gasteiger partial charge on any atom is -0.354 e. The van der Waals surface area contributed by atoms with Gasteiger partial charge in [0, 0.05) is 18.8 Å². The van der Waals surface area contributed by atoms with Crippen molar-refractivity contribution in [3.8, 4) is 0 Å². The van der Waals surface area contributed by atoms with Crippen molar-refractivity contribution in [1.29, 1.82) is 0 Å². The van der Waals surface area contributed by atoms with E-state index < -0.39 is 0 Å². The number of nitrogens with one attached hydrogen (secondary N) is 1. The Labute approximate surface area is 144 Å². The van der Waals surface area contributed by atoms with E-state index in [9.17, 15) is 4.79 Å². The van der Waals surface area contributed by atoms with E-state index in [-0.39, 0.29) is 5.91 Å². The first-order chi connectivity index (χ1) is 11.5. The molecule has 2 rings (SSSR count). The molecule has 0 fully saturated rings. The predicted molar refractivity (Wildman–Crippen MR) is 99.9 cm³/mol. The molecule has 0 spiro atoms. The molecule has 0 aliphatic carbocycles. The summed E-state index contributed by atoms with van der Waals surface area (Å²) in [4.78, 5) is 18.8. The van der Waals surface area contributed by atoms with Crippen molar-refractivity contribution in [3.63, 3.8) is 0 Å². The van der Waals surface area contributed by atoms with Crippen LogP contribution in [0.15, 0.2) is 36.5 Å². The number of carbonyl (C=O) groups is 1. The number of aryl methyl sites for hydroxylation is 2. The summed E-state index contributed by atoms with van der Waals surface area (Å²) in [5, 5.41) is 3.37. The molecule has 0 atom stereocenters. The molecule has 4 heteroatoms. The average molecular weight is 325 g/mol. The van der Waals surface area contributed by atoms with Crippen molar-refractivity contribution in [2.24, 2.45) is 0 Å². The highest BCUT2D eigenvalue weighted by Crippen LogP contribution is 2.21. The van der Waals surface area contributed by atoms with E-state index >= 15 is 0 Å². The number of aromatic nitrogens is 1. The number of pyridine rings is 1. The van der Waals surface area contributed by atoms with Crippen LogP contribution in [-0.4, -0.2) is 28.9 Å². The van der Waals surface area contributed by atoms with Crippen LogP contribution in [0.1, 0.15) is 48.3 Å². The quantitative estimate of drug-likeness (QED) is 0.802. The third kappa shape index (κ3) is 4.57. The lowest BCUT2D eigenvalue weighted by atomic mass is 10.1. The Hall–Kier alpha value is -2.36. The summed E-state index contributed by atoms with van der Waals surface area (Å²) in [5.74, 6) is 0.0111. The van der Waals surface area contributed by atoms with Gasteiger partial charge in [-0.1, -0.05) is 26.0 Å². The highest BCUT2D eigenvalue weighted by molar-refractivity contribution is 5.92. The van der Waals surface area contributed by atoms with E-state index in [4.69, 9.17) is 0 Å². The smallest absolute Gasteiger partial charge is 0.272 e. The number of rotatable bonds is 7. The Balaban J connectivity index is 2.12. The molecule has 1 N–H and O–H groups in total. The van der Waals surface area contributed by atoms with Gasteiger partial charge in [-0.15, -0.1) is 0 Å². The second kappa shape index (κ2) is 8.48. The second-order valence-corrected chi connectivity index (χ2v) is 6.17. The summed E-state index contributed by atoms with van der Waals surface area (Å²) >= 11 is 0. The zero-order valence-electron chi connectivity index (χ0n) is 15.1. The molecule has 1 amide bonds. The molecule has 1 aromatic carbocycles. The SMILES string of the molecule is CCCN(CCC)C(=O)c1ccc(Nc2cc(C)ccc2C)cn1. The zero-order valence-corrected chi connectivity index (χ0v) is 15.1. The summed E-state index contributed by atoms with van der Waals surface area (Å²) in [7, 11) is 0. The van der Waals surface area contributed by atoms with Crippen molar-refractivity contribution < 1.29 is 4.79 Å². The highest BCUT2D eigenvalue weighted by atomic mass is 16.2. The lowest BCUT2D eigenvalue weighted by molar-refractivity contribution is 0.0749. The van der Waals surface area contributed by atoms with Crippen molar-refractivity contribution >= 4 is 17.3 Å². The average Bonchev–Trinajstić information content (AvgIpc) is 2.58. The van der Waals surface area contributed by atoms with Crippen LogP contribution in [0.5, 0.6) is 0 Å². The van der Waals surface area contributed by atoms with E-state index in [1.807, 2.05) is 11.0 Å². The van der Waals surface area contributed by atoms with Gasteiger partial charge in [0.1, 0.15) is 5.69 Å². The summed E-state index contributed by atoms with van der Waals surface area (Å²) in [6.07, 6.45) is 3.64. The van der Waals surface area contributed by atoms with Gasteiger partial charge in [0.2, 0.25) is 0 Å². The molecule has 0 bridgehead atoms. The van der Waals surface area contributed by atoms with Crippen LogP contribution in [0.3, 0.4) is 0 Å². The molecule has 0 saturated heterocycles. The Kier molecular flexibility index (Phi) is 6.36. The van der Waals surface area contributed by atoms with Crippen molar-refractivity contribution in [2.45, 2.75) is 40.5 Å². The van der Waals surface area contributed by atoms with Crippen LogP contribution in [0.4, 0.5) is 11.4 Å². The van der Waals surface area contributed by atoms with E-state index in [1.165, 1.54) is 11.1 Å². The Morgan fingerprint density at radius 2 is 1.79 bits per heavy atom. The maximum absolute atomic E-state index is 12.5. The number of carbonyl (C=O) groups excluding carboxylic acids is 1. The molecule has 1 heterocycles. The minimum absolute atomic E-state index is 0.0111. The largest absolute Gasteiger partial charge is 0.354 e. The van der Waals surface area contributed by atoms with Gasteiger partial charge in [0.25, 0.3) is 5.91 Å². The number of amides is 1. The van der Waals surface area contributed by atoms with Gasteiger partial charge in [-0.3, -0.25) is 4.79 Å². The Morgan fingerprint density at radius 1 is 1.08 bits per heavy atom. The fraction of sp³-hybridized carbons (Fsp3) is 0.400. The van der Waals surface area contributed by atoms with Gasteiger partial charge in [-0.05, 0) is 56.0 Å². The number of hydrogen-bond acceptors (Lipinski definition) is 3. The van der Waals surface area contributed by atoms with Gasteiger partial charge in [0.15, 0.2) is 0 Å². The minimum atomic E-state index is 0.0111. The van der Waals surface area contributed by atoms with Gasteiger partial charge < -0.3 is 10.2 Å². The third-order valence-corrected chi connectivity index (χ3v) is 3.93.